The zero-order valence-electron chi connectivity index (χ0n) is 16.2. The topological polar surface area (TPSA) is 91.4 Å². The summed E-state index contributed by atoms with van der Waals surface area (Å²) in [6.07, 6.45) is 1.91. The number of hydrogen-bond acceptors (Lipinski definition) is 5. The zero-order valence-corrected chi connectivity index (χ0v) is 18.6. The Labute approximate surface area is 188 Å². The van der Waals surface area contributed by atoms with E-state index in [1.165, 1.54) is 30.5 Å². The molecule has 1 fully saturated rings. The average molecular weight is 481 g/mol. The third kappa shape index (κ3) is 4.63. The highest BCUT2D eigenvalue weighted by Gasteiger charge is 2.41. The predicted molar refractivity (Wildman–Crippen MR) is 119 cm³/mol. The number of amides is 1. The molecule has 31 heavy (non-hydrogen) atoms. The average Bonchev–Trinajstić information content (AvgIpc) is 3.23. The summed E-state index contributed by atoms with van der Waals surface area (Å²) < 4.78 is 42.3. The number of carbonyl (C=O) groups is 1. The Morgan fingerprint density at radius 3 is 2.81 bits per heavy atom. The van der Waals surface area contributed by atoms with Crippen LogP contribution in [0, 0.1) is 5.82 Å². The zero-order chi connectivity index (χ0) is 22.2. The fraction of sp³-hybridized carbons (Fsp3) is 0.200. The minimum absolute atomic E-state index is 0.136. The summed E-state index contributed by atoms with van der Waals surface area (Å²) in [7, 11) is -2.55. The van der Waals surface area contributed by atoms with Gasteiger partial charge in [0.15, 0.2) is 0 Å². The number of aromatic nitrogens is 1. The van der Waals surface area contributed by atoms with E-state index in [2.05, 4.69) is 15.0 Å². The minimum atomic E-state index is -3.89. The van der Waals surface area contributed by atoms with E-state index >= 15 is 0 Å². The van der Waals surface area contributed by atoms with E-state index in [-0.39, 0.29) is 17.1 Å². The number of thiophene rings is 1. The molecule has 1 aliphatic heterocycles. The maximum Gasteiger partial charge on any atom is 0.280 e. The van der Waals surface area contributed by atoms with E-state index in [1.54, 1.807) is 6.20 Å². The molecule has 11 heteroatoms. The Hall–Kier alpha value is -2.37. The molecule has 1 amide bonds. The lowest BCUT2D eigenvalue weighted by Crippen LogP contribution is -2.55. The monoisotopic (exact) mass is 480 g/mol. The molecule has 2 aromatic heterocycles. The van der Waals surface area contributed by atoms with Crippen LogP contribution in [0.4, 0.5) is 10.1 Å². The molecule has 3 aromatic rings. The molecule has 7 nitrogen and oxygen atoms in total. The van der Waals surface area contributed by atoms with Gasteiger partial charge in [0, 0.05) is 23.8 Å². The van der Waals surface area contributed by atoms with Crippen molar-refractivity contribution in [3.8, 4) is 10.6 Å². The van der Waals surface area contributed by atoms with Crippen LogP contribution in [0.15, 0.2) is 54.7 Å². The number of nitrogens with one attached hydrogen (secondary N) is 2. The van der Waals surface area contributed by atoms with E-state index in [4.69, 9.17) is 11.6 Å². The summed E-state index contributed by atoms with van der Waals surface area (Å²) >= 11 is 7.18. The van der Waals surface area contributed by atoms with E-state index in [0.29, 0.717) is 0 Å². The Morgan fingerprint density at radius 2 is 2.10 bits per heavy atom. The van der Waals surface area contributed by atoms with Gasteiger partial charge in [0.1, 0.15) is 11.9 Å². The maximum absolute atomic E-state index is 13.4. The smallest absolute Gasteiger partial charge is 0.280 e. The van der Waals surface area contributed by atoms with Crippen LogP contribution in [-0.4, -0.2) is 36.7 Å². The first-order valence-corrected chi connectivity index (χ1v) is 11.9. The molecule has 0 spiro atoms. The summed E-state index contributed by atoms with van der Waals surface area (Å²) in [5.74, 6) is -1.13. The lowest BCUT2D eigenvalue weighted by molar-refractivity contribution is -0.120. The molecule has 0 saturated carbocycles. The Balaban J connectivity index is 1.57. The van der Waals surface area contributed by atoms with Crippen LogP contribution in [0.2, 0.25) is 5.02 Å². The summed E-state index contributed by atoms with van der Waals surface area (Å²) in [5, 5.41) is 2.48. The van der Waals surface area contributed by atoms with Gasteiger partial charge in [0.05, 0.1) is 21.6 Å². The van der Waals surface area contributed by atoms with Crippen LogP contribution in [0.25, 0.3) is 10.6 Å². The molecule has 1 saturated heterocycles. The van der Waals surface area contributed by atoms with Gasteiger partial charge in [-0.3, -0.25) is 9.78 Å². The van der Waals surface area contributed by atoms with Crippen LogP contribution in [0.1, 0.15) is 17.3 Å². The molecular formula is C20H18ClFN4O3S2. The van der Waals surface area contributed by atoms with Gasteiger partial charge >= 0.3 is 0 Å². The van der Waals surface area contributed by atoms with Crippen LogP contribution >= 0.6 is 22.9 Å². The normalized spacial score (nSPS) is 21.0. The van der Waals surface area contributed by atoms with Crippen LogP contribution in [0.3, 0.4) is 0 Å². The number of benzene rings is 1. The van der Waals surface area contributed by atoms with Gasteiger partial charge in [0.2, 0.25) is 5.91 Å². The van der Waals surface area contributed by atoms with Crippen molar-refractivity contribution >= 4 is 44.7 Å². The van der Waals surface area contributed by atoms with Crippen molar-refractivity contribution in [1.29, 1.82) is 0 Å². The number of nitrogens with zero attached hydrogens (tertiary/aromatic N) is 2. The quantitative estimate of drug-likeness (QED) is 0.593. The first-order chi connectivity index (χ1) is 14.7. The highest BCUT2D eigenvalue weighted by atomic mass is 35.5. The van der Waals surface area contributed by atoms with E-state index in [0.717, 1.165) is 25.8 Å². The van der Waals surface area contributed by atoms with Gasteiger partial charge in [0.25, 0.3) is 10.2 Å². The number of pyridine rings is 1. The fourth-order valence-corrected chi connectivity index (χ4v) is 5.85. The summed E-state index contributed by atoms with van der Waals surface area (Å²) in [6, 6.07) is 11.5. The largest absolute Gasteiger partial charge is 0.325 e. The van der Waals surface area contributed by atoms with E-state index in [1.807, 2.05) is 30.3 Å². The Morgan fingerprint density at radius 1 is 1.29 bits per heavy atom. The highest BCUT2D eigenvalue weighted by Crippen LogP contribution is 2.35. The van der Waals surface area contributed by atoms with Gasteiger partial charge in [-0.1, -0.05) is 17.7 Å². The van der Waals surface area contributed by atoms with Gasteiger partial charge < -0.3 is 5.32 Å². The number of halogens is 2. The Kier molecular flexibility index (Phi) is 6.09. The second kappa shape index (κ2) is 8.64. The van der Waals surface area contributed by atoms with Crippen molar-refractivity contribution in [2.75, 3.05) is 12.4 Å². The van der Waals surface area contributed by atoms with Crippen molar-refractivity contribution in [2.45, 2.75) is 18.5 Å². The Bertz CT molecular complexity index is 1220. The fourth-order valence-electron chi connectivity index (χ4n) is 3.28. The number of carbonyl (C=O) groups excluding carboxylic acids is 1. The maximum atomic E-state index is 13.4. The molecular weight excluding hydrogens is 463 g/mol. The van der Waals surface area contributed by atoms with Crippen molar-refractivity contribution in [3.63, 3.8) is 0 Å². The molecule has 162 valence electrons. The number of rotatable bonds is 4. The molecule has 0 bridgehead atoms. The van der Waals surface area contributed by atoms with Crippen molar-refractivity contribution in [2.24, 2.45) is 0 Å². The molecule has 0 unspecified atom stereocenters. The molecule has 1 aliphatic rings. The molecule has 0 aliphatic carbocycles. The van der Waals surface area contributed by atoms with Gasteiger partial charge in [-0.05, 0) is 48.9 Å². The molecule has 3 heterocycles. The lowest BCUT2D eigenvalue weighted by Gasteiger charge is -2.35. The van der Waals surface area contributed by atoms with Crippen LogP contribution in [0.5, 0.6) is 0 Å². The minimum Gasteiger partial charge on any atom is -0.325 e. The van der Waals surface area contributed by atoms with Crippen LogP contribution < -0.4 is 10.0 Å². The third-order valence-corrected chi connectivity index (χ3v) is 8.05. The second-order valence-electron chi connectivity index (χ2n) is 6.98. The molecule has 4 rings (SSSR count). The van der Waals surface area contributed by atoms with E-state index in [9.17, 15) is 17.6 Å². The molecule has 0 radical (unpaired) electrons. The third-order valence-electron chi connectivity index (χ3n) is 4.95. The second-order valence-corrected chi connectivity index (χ2v) is 10.3. The van der Waals surface area contributed by atoms with Crippen molar-refractivity contribution < 1.29 is 17.6 Å². The van der Waals surface area contributed by atoms with Crippen molar-refractivity contribution in [1.82, 2.24) is 14.0 Å². The first-order valence-electron chi connectivity index (χ1n) is 9.27. The van der Waals surface area contributed by atoms with E-state index < -0.39 is 34.0 Å². The van der Waals surface area contributed by atoms with Crippen molar-refractivity contribution in [3.05, 3.63) is 70.4 Å². The van der Waals surface area contributed by atoms with Gasteiger partial charge in [-0.25, -0.2) is 4.39 Å². The summed E-state index contributed by atoms with van der Waals surface area (Å²) in [6.45, 7) is 0. The molecule has 2 atom stereocenters. The predicted octanol–water partition coefficient (Wildman–Crippen LogP) is 3.82. The summed E-state index contributed by atoms with van der Waals surface area (Å²) in [4.78, 5) is 18.9. The first kappa shape index (κ1) is 21.8. The number of hydrogen-bond donors (Lipinski definition) is 2. The molecule has 2 N–H and O–H groups in total. The lowest BCUT2D eigenvalue weighted by atomic mass is 10.1. The van der Waals surface area contributed by atoms with Crippen LogP contribution in [-0.2, 0) is 15.0 Å². The summed E-state index contributed by atoms with van der Waals surface area (Å²) in [5.41, 5.74) is 1.07. The van der Waals surface area contributed by atoms with Gasteiger partial charge in [-0.15, -0.1) is 11.3 Å². The SMILES string of the molecule is CN1[C@@H](C(=O)Nc2ccc(F)c(Cl)c2)C[C@@H](c2ccc(-c3ccccn3)s2)NS1(=O)=O. The number of anilines is 1. The standard InChI is InChI=1S/C20H18ClFN4O3S2/c1-26-17(20(27)24-12-5-6-14(22)13(21)10-12)11-16(25-31(26,28)29)19-8-7-18(30-19)15-4-2-3-9-23-15/h2-10,16-17,25H,11H2,1H3,(H,24,27)/t16-,17+/m0/s1. The number of likely N-dealkylation sites (N-methyl/N-ethyl adjacent to an activating group) is 1. The molecule has 1 aromatic carbocycles. The highest BCUT2D eigenvalue weighted by molar-refractivity contribution is 7.87. The van der Waals surface area contributed by atoms with Gasteiger partial charge in [-0.2, -0.15) is 17.4 Å².